The molecule has 0 bridgehead atoms. The lowest BCUT2D eigenvalue weighted by molar-refractivity contribution is -0.138. The molecule has 0 radical (unpaired) electrons. The summed E-state index contributed by atoms with van der Waals surface area (Å²) in [6.45, 7) is 5.16. The minimum absolute atomic E-state index is 0.0322. The fourth-order valence-electron chi connectivity index (χ4n) is 2.38. The van der Waals surface area contributed by atoms with Gasteiger partial charge in [-0.3, -0.25) is 0 Å². The minimum atomic E-state index is -0.690. The van der Waals surface area contributed by atoms with Crippen molar-refractivity contribution in [1.29, 1.82) is 5.26 Å². The van der Waals surface area contributed by atoms with E-state index < -0.39 is 11.9 Å². The monoisotopic (exact) mass is 330 g/mol. The largest absolute Gasteiger partial charge is 0.458 e. The highest BCUT2D eigenvalue weighted by atomic mass is 35.5. The Morgan fingerprint density at radius 3 is 2.96 bits per heavy atom. The minimum Gasteiger partial charge on any atom is -0.458 e. The first-order valence-electron chi connectivity index (χ1n) is 6.81. The molecule has 0 spiro atoms. The number of nitrogens with zero attached hydrogens (tertiary/aromatic N) is 1. The van der Waals surface area contributed by atoms with E-state index in [1.807, 2.05) is 6.07 Å². The molecule has 1 atom stereocenters. The summed E-state index contributed by atoms with van der Waals surface area (Å²) in [5.74, 6) is -1.02. The van der Waals surface area contributed by atoms with Crippen molar-refractivity contribution in [2.75, 3.05) is 6.61 Å². The molecule has 1 aromatic rings. The van der Waals surface area contributed by atoms with E-state index in [1.165, 1.54) is 6.08 Å². The zero-order valence-electron chi connectivity index (χ0n) is 12.5. The third-order valence-electron chi connectivity index (χ3n) is 3.34. The Hall–Kier alpha value is -2.71. The molecule has 1 aromatic carbocycles. The molecule has 0 aromatic heterocycles. The average Bonchev–Trinajstić information content (AvgIpc) is 2.52. The van der Waals surface area contributed by atoms with E-state index in [9.17, 15) is 10.1 Å². The number of nitrogens with two attached hydrogens (primary N) is 1. The summed E-state index contributed by atoms with van der Waals surface area (Å²) in [5.41, 5.74) is 6.83. The fraction of sp³-hybridized carbons (Fsp3) is 0.176. The lowest BCUT2D eigenvalue weighted by Gasteiger charge is -2.26. The smallest absolute Gasteiger partial charge is 0.338 e. The van der Waals surface area contributed by atoms with Gasteiger partial charge < -0.3 is 15.2 Å². The van der Waals surface area contributed by atoms with Crippen LogP contribution in [-0.2, 0) is 14.3 Å². The van der Waals surface area contributed by atoms with Gasteiger partial charge in [0.15, 0.2) is 0 Å². The summed E-state index contributed by atoms with van der Waals surface area (Å²) in [4.78, 5) is 12.4. The van der Waals surface area contributed by atoms with E-state index in [2.05, 4.69) is 6.58 Å². The number of rotatable bonds is 4. The van der Waals surface area contributed by atoms with Gasteiger partial charge in [0.2, 0.25) is 5.88 Å². The summed E-state index contributed by atoms with van der Waals surface area (Å²) in [6, 6.07) is 8.89. The van der Waals surface area contributed by atoms with Crippen LogP contribution in [0.3, 0.4) is 0 Å². The van der Waals surface area contributed by atoms with Crippen LogP contribution in [0.5, 0.6) is 0 Å². The molecule has 1 heterocycles. The zero-order valence-corrected chi connectivity index (χ0v) is 13.3. The number of carbonyl (C=O) groups is 1. The standard InChI is InChI=1S/C17H15ClN2O3/c1-3-7-22-17(21)14-10(2)23-16(20)13(9-19)15(14)11-5-4-6-12(18)8-11/h3-6,8,15H,1,7,20H2,2H3/t15-/m0/s1. The Morgan fingerprint density at radius 1 is 1.61 bits per heavy atom. The highest BCUT2D eigenvalue weighted by Crippen LogP contribution is 2.40. The van der Waals surface area contributed by atoms with Crippen LogP contribution in [0.2, 0.25) is 5.02 Å². The van der Waals surface area contributed by atoms with E-state index in [0.29, 0.717) is 16.3 Å². The second kappa shape index (κ2) is 7.03. The Morgan fingerprint density at radius 2 is 2.35 bits per heavy atom. The Labute approximate surface area is 139 Å². The quantitative estimate of drug-likeness (QED) is 0.677. The van der Waals surface area contributed by atoms with E-state index in [-0.39, 0.29) is 23.6 Å². The average molecular weight is 331 g/mol. The van der Waals surface area contributed by atoms with Crippen LogP contribution in [0.1, 0.15) is 18.4 Å². The molecule has 1 aliphatic heterocycles. The maximum absolute atomic E-state index is 12.4. The predicted octanol–water partition coefficient (Wildman–Crippen LogP) is 3.15. The number of ether oxygens (including phenoxy) is 2. The summed E-state index contributed by atoms with van der Waals surface area (Å²) < 4.78 is 10.5. The van der Waals surface area contributed by atoms with Gasteiger partial charge in [0.1, 0.15) is 24.0 Å². The van der Waals surface area contributed by atoms with Crippen molar-refractivity contribution in [1.82, 2.24) is 0 Å². The first-order chi connectivity index (χ1) is 11.0. The van der Waals surface area contributed by atoms with Crippen molar-refractivity contribution in [3.05, 3.63) is 70.3 Å². The molecule has 0 aliphatic carbocycles. The SMILES string of the molecule is C=CCOC(=O)C1=C(C)OC(N)=C(C#N)[C@@H]1c1cccc(Cl)c1. The second-order valence-corrected chi connectivity index (χ2v) is 5.27. The summed E-state index contributed by atoms with van der Waals surface area (Å²) in [7, 11) is 0. The lowest BCUT2D eigenvalue weighted by atomic mass is 9.83. The highest BCUT2D eigenvalue weighted by Gasteiger charge is 2.36. The van der Waals surface area contributed by atoms with E-state index >= 15 is 0 Å². The molecule has 1 aliphatic rings. The van der Waals surface area contributed by atoms with Gasteiger partial charge in [-0.15, -0.1) is 0 Å². The number of nitriles is 1. The fourth-order valence-corrected chi connectivity index (χ4v) is 2.58. The molecular formula is C17H15ClN2O3. The number of allylic oxidation sites excluding steroid dienone is 2. The van der Waals surface area contributed by atoms with Crippen molar-refractivity contribution in [3.63, 3.8) is 0 Å². The molecule has 2 rings (SSSR count). The van der Waals surface area contributed by atoms with Gasteiger partial charge in [-0.05, 0) is 24.6 Å². The van der Waals surface area contributed by atoms with E-state index in [4.69, 9.17) is 26.8 Å². The number of benzene rings is 1. The molecule has 23 heavy (non-hydrogen) atoms. The number of hydrogen-bond donors (Lipinski definition) is 1. The van der Waals surface area contributed by atoms with Gasteiger partial charge in [-0.1, -0.05) is 36.4 Å². The van der Waals surface area contributed by atoms with Crippen LogP contribution in [0.15, 0.2) is 59.7 Å². The van der Waals surface area contributed by atoms with Gasteiger partial charge in [0.05, 0.1) is 11.5 Å². The van der Waals surface area contributed by atoms with Crippen LogP contribution in [0.25, 0.3) is 0 Å². The third-order valence-corrected chi connectivity index (χ3v) is 3.57. The summed E-state index contributed by atoms with van der Waals surface area (Å²) in [5, 5.41) is 9.92. The van der Waals surface area contributed by atoms with E-state index in [1.54, 1.807) is 31.2 Å². The normalized spacial score (nSPS) is 17.3. The molecule has 0 saturated heterocycles. The highest BCUT2D eigenvalue weighted by molar-refractivity contribution is 6.30. The maximum atomic E-state index is 12.4. The number of halogens is 1. The predicted molar refractivity (Wildman–Crippen MR) is 86.0 cm³/mol. The van der Waals surface area contributed by atoms with Crippen LogP contribution in [0, 0.1) is 11.3 Å². The Balaban J connectivity index is 2.57. The lowest BCUT2D eigenvalue weighted by Crippen LogP contribution is -2.25. The number of hydrogen-bond acceptors (Lipinski definition) is 5. The van der Waals surface area contributed by atoms with E-state index in [0.717, 1.165) is 0 Å². The molecule has 5 nitrogen and oxygen atoms in total. The summed E-state index contributed by atoms with van der Waals surface area (Å²) >= 11 is 6.03. The molecule has 0 fully saturated rings. The zero-order chi connectivity index (χ0) is 17.0. The van der Waals surface area contributed by atoms with Crippen LogP contribution in [0.4, 0.5) is 0 Å². The third kappa shape index (κ3) is 3.38. The molecule has 118 valence electrons. The number of carbonyl (C=O) groups excluding carboxylic acids is 1. The van der Waals surface area contributed by atoms with Crippen molar-refractivity contribution in [2.45, 2.75) is 12.8 Å². The molecule has 2 N–H and O–H groups in total. The van der Waals surface area contributed by atoms with Crippen LogP contribution in [-0.4, -0.2) is 12.6 Å². The first-order valence-corrected chi connectivity index (χ1v) is 7.19. The van der Waals surface area contributed by atoms with Crippen molar-refractivity contribution >= 4 is 17.6 Å². The molecule has 6 heteroatoms. The summed E-state index contributed by atoms with van der Waals surface area (Å²) in [6.07, 6.45) is 1.46. The topological polar surface area (TPSA) is 85.3 Å². The van der Waals surface area contributed by atoms with Gasteiger partial charge in [0.25, 0.3) is 0 Å². The van der Waals surface area contributed by atoms with Gasteiger partial charge in [-0.25, -0.2) is 4.79 Å². The molecular weight excluding hydrogens is 316 g/mol. The van der Waals surface area contributed by atoms with Gasteiger partial charge in [0, 0.05) is 5.02 Å². The maximum Gasteiger partial charge on any atom is 0.338 e. The molecule has 0 unspecified atom stereocenters. The Bertz CT molecular complexity index is 759. The Kier molecular flexibility index (Phi) is 5.09. The van der Waals surface area contributed by atoms with Gasteiger partial charge in [-0.2, -0.15) is 5.26 Å². The number of esters is 1. The molecule has 0 amide bonds. The van der Waals surface area contributed by atoms with Crippen LogP contribution < -0.4 is 5.73 Å². The first kappa shape index (κ1) is 16.7. The van der Waals surface area contributed by atoms with Crippen molar-refractivity contribution < 1.29 is 14.3 Å². The molecule has 0 saturated carbocycles. The van der Waals surface area contributed by atoms with Crippen LogP contribution >= 0.6 is 11.6 Å². The van der Waals surface area contributed by atoms with Gasteiger partial charge >= 0.3 is 5.97 Å². The second-order valence-electron chi connectivity index (χ2n) is 4.84. The van der Waals surface area contributed by atoms with Crippen molar-refractivity contribution in [2.24, 2.45) is 5.73 Å². The van der Waals surface area contributed by atoms with Crippen molar-refractivity contribution in [3.8, 4) is 6.07 Å².